The fourth-order valence-corrected chi connectivity index (χ4v) is 4.74. The lowest BCUT2D eigenvalue weighted by Gasteiger charge is -2.22. The lowest BCUT2D eigenvalue weighted by atomic mass is 10.1. The molecule has 2 aromatic heterocycles. The van der Waals surface area contributed by atoms with Crippen molar-refractivity contribution in [1.82, 2.24) is 15.2 Å². The van der Waals surface area contributed by atoms with E-state index in [1.807, 2.05) is 35.2 Å². The number of carbonyl (C=O) groups excluding carboxylic acids is 1. The molecule has 0 bridgehead atoms. The smallest absolute Gasteiger partial charge is 0.277 e. The first kappa shape index (κ1) is 18.9. The molecule has 3 heterocycles. The number of fused-ring (bicyclic) bond motifs is 2. The van der Waals surface area contributed by atoms with Crippen LogP contribution < -0.4 is 4.90 Å². The molecule has 1 amide bonds. The molecule has 0 radical (unpaired) electrons. The highest BCUT2D eigenvalue weighted by Crippen LogP contribution is 2.33. The van der Waals surface area contributed by atoms with Crippen LogP contribution >= 0.6 is 11.8 Å². The first-order valence-corrected chi connectivity index (χ1v) is 11.0. The number of nitrogens with zero attached hydrogens (tertiary/aromatic N) is 3. The minimum Gasteiger partial charge on any atom is -0.411 e. The lowest BCUT2D eigenvalue weighted by molar-refractivity contribution is -0.116. The highest BCUT2D eigenvalue weighted by molar-refractivity contribution is 7.99. The molecular weight excluding hydrogens is 396 g/mol. The van der Waals surface area contributed by atoms with Crippen molar-refractivity contribution in [3.8, 4) is 11.5 Å². The molecule has 1 aliphatic rings. The molecule has 7 heteroatoms. The molecule has 0 fully saturated rings. The SMILES string of the molecule is Cc1[nH]c2ccc(-c3nnc(SCC(=O)N4c5ccccc5CC4C)o3)cc2c1C. The monoisotopic (exact) mass is 418 g/mol. The van der Waals surface area contributed by atoms with E-state index < -0.39 is 0 Å². The predicted molar refractivity (Wildman–Crippen MR) is 119 cm³/mol. The number of aromatic nitrogens is 3. The van der Waals surface area contributed by atoms with Crippen molar-refractivity contribution in [2.75, 3.05) is 10.7 Å². The van der Waals surface area contributed by atoms with E-state index in [2.05, 4.69) is 48.1 Å². The second-order valence-corrected chi connectivity index (χ2v) is 8.67. The molecule has 0 spiro atoms. The number of aromatic amines is 1. The van der Waals surface area contributed by atoms with E-state index in [1.165, 1.54) is 22.9 Å². The van der Waals surface area contributed by atoms with Gasteiger partial charge in [0.25, 0.3) is 5.22 Å². The maximum absolute atomic E-state index is 12.9. The minimum absolute atomic E-state index is 0.0528. The molecule has 0 aliphatic carbocycles. The third-order valence-electron chi connectivity index (χ3n) is 5.76. The molecule has 1 unspecified atom stereocenters. The average Bonchev–Trinajstić information content (AvgIpc) is 3.42. The summed E-state index contributed by atoms with van der Waals surface area (Å²) < 4.78 is 5.83. The van der Waals surface area contributed by atoms with E-state index in [0.29, 0.717) is 11.1 Å². The van der Waals surface area contributed by atoms with Crippen LogP contribution in [-0.4, -0.2) is 32.9 Å². The summed E-state index contributed by atoms with van der Waals surface area (Å²) in [5.41, 5.74) is 6.55. The molecule has 6 nitrogen and oxygen atoms in total. The Kier molecular flexibility index (Phi) is 4.62. The normalized spacial score (nSPS) is 15.7. The number of anilines is 1. The number of hydrogen-bond donors (Lipinski definition) is 1. The molecule has 1 atom stereocenters. The first-order chi connectivity index (χ1) is 14.5. The van der Waals surface area contributed by atoms with Gasteiger partial charge in [-0.05, 0) is 62.6 Å². The number of H-pyrrole nitrogens is 1. The van der Waals surface area contributed by atoms with Crippen LogP contribution in [-0.2, 0) is 11.2 Å². The second-order valence-electron chi connectivity index (χ2n) is 7.74. The second kappa shape index (κ2) is 7.32. The Morgan fingerprint density at radius 1 is 1.23 bits per heavy atom. The maximum atomic E-state index is 12.9. The van der Waals surface area contributed by atoms with Gasteiger partial charge in [-0.15, -0.1) is 10.2 Å². The zero-order valence-electron chi connectivity index (χ0n) is 17.1. The largest absolute Gasteiger partial charge is 0.411 e. The van der Waals surface area contributed by atoms with Crippen molar-refractivity contribution in [2.45, 2.75) is 38.5 Å². The standard InChI is InChI=1S/C23H22N4O2S/c1-13-10-16-6-4-5-7-20(16)27(13)21(28)12-30-23-26-25-22(29-23)17-8-9-19-18(11-17)14(2)15(3)24-19/h4-9,11,13,24H,10,12H2,1-3H3. The van der Waals surface area contributed by atoms with Crippen molar-refractivity contribution in [3.05, 3.63) is 59.3 Å². The number of carbonyl (C=O) groups is 1. The van der Waals surface area contributed by atoms with Crippen LogP contribution in [0.25, 0.3) is 22.4 Å². The van der Waals surface area contributed by atoms with Gasteiger partial charge in [0, 0.05) is 33.9 Å². The van der Waals surface area contributed by atoms with E-state index in [0.717, 1.165) is 34.3 Å². The fourth-order valence-electron chi connectivity index (χ4n) is 4.12. The number of amides is 1. The minimum atomic E-state index is 0.0528. The van der Waals surface area contributed by atoms with Crippen molar-refractivity contribution in [3.63, 3.8) is 0 Å². The Labute approximate surface area is 178 Å². The van der Waals surface area contributed by atoms with E-state index in [-0.39, 0.29) is 17.7 Å². The third kappa shape index (κ3) is 3.19. The van der Waals surface area contributed by atoms with E-state index >= 15 is 0 Å². The van der Waals surface area contributed by atoms with Crippen molar-refractivity contribution in [1.29, 1.82) is 0 Å². The molecule has 1 aliphatic heterocycles. The summed E-state index contributed by atoms with van der Waals surface area (Å²) in [5.74, 6) is 0.775. The summed E-state index contributed by atoms with van der Waals surface area (Å²) in [7, 11) is 0. The van der Waals surface area contributed by atoms with Gasteiger partial charge < -0.3 is 14.3 Å². The Bertz CT molecular complexity index is 1260. The van der Waals surface area contributed by atoms with Crippen LogP contribution in [0.15, 0.2) is 52.1 Å². The van der Waals surface area contributed by atoms with Gasteiger partial charge >= 0.3 is 0 Å². The van der Waals surface area contributed by atoms with E-state index in [1.54, 1.807) is 0 Å². The number of para-hydroxylation sites is 1. The molecule has 2 aromatic carbocycles. The summed E-state index contributed by atoms with van der Waals surface area (Å²) in [4.78, 5) is 18.1. The topological polar surface area (TPSA) is 75.0 Å². The molecule has 152 valence electrons. The van der Waals surface area contributed by atoms with Gasteiger partial charge in [0.15, 0.2) is 0 Å². The lowest BCUT2D eigenvalue weighted by Crippen LogP contribution is -2.36. The Balaban J connectivity index is 1.31. The van der Waals surface area contributed by atoms with E-state index in [4.69, 9.17) is 4.42 Å². The number of rotatable bonds is 4. The zero-order valence-corrected chi connectivity index (χ0v) is 17.9. The van der Waals surface area contributed by atoms with Gasteiger partial charge in [0.05, 0.1) is 5.75 Å². The van der Waals surface area contributed by atoms with Crippen LogP contribution in [0.5, 0.6) is 0 Å². The number of benzene rings is 2. The summed E-state index contributed by atoms with van der Waals surface area (Å²) in [6, 6.07) is 14.3. The molecule has 0 saturated carbocycles. The Hall–Kier alpha value is -3.06. The molecule has 4 aromatic rings. The first-order valence-electron chi connectivity index (χ1n) is 9.97. The number of nitrogens with one attached hydrogen (secondary N) is 1. The molecule has 5 rings (SSSR count). The van der Waals surface area contributed by atoms with Gasteiger partial charge in [-0.3, -0.25) is 4.79 Å². The van der Waals surface area contributed by atoms with Crippen LogP contribution in [0.1, 0.15) is 23.7 Å². The van der Waals surface area contributed by atoms with Gasteiger partial charge in [-0.1, -0.05) is 30.0 Å². The Morgan fingerprint density at radius 2 is 2.07 bits per heavy atom. The molecule has 0 saturated heterocycles. The summed E-state index contributed by atoms with van der Waals surface area (Å²) >= 11 is 1.28. The summed E-state index contributed by atoms with van der Waals surface area (Å²) in [6.07, 6.45) is 0.887. The van der Waals surface area contributed by atoms with Crippen molar-refractivity contribution in [2.24, 2.45) is 0 Å². The number of aryl methyl sites for hydroxylation is 2. The average molecular weight is 419 g/mol. The van der Waals surface area contributed by atoms with Crippen LogP contribution in [0.4, 0.5) is 5.69 Å². The molecular formula is C23H22N4O2S. The van der Waals surface area contributed by atoms with Gasteiger partial charge in [-0.25, -0.2) is 0 Å². The van der Waals surface area contributed by atoms with Crippen LogP contribution in [0.2, 0.25) is 0 Å². The van der Waals surface area contributed by atoms with Crippen molar-refractivity contribution >= 4 is 34.3 Å². The highest BCUT2D eigenvalue weighted by atomic mass is 32.2. The summed E-state index contributed by atoms with van der Waals surface area (Å²) in [5, 5.41) is 9.86. The van der Waals surface area contributed by atoms with Crippen LogP contribution in [0.3, 0.4) is 0 Å². The zero-order chi connectivity index (χ0) is 20.8. The Morgan fingerprint density at radius 3 is 2.93 bits per heavy atom. The van der Waals surface area contributed by atoms with Gasteiger partial charge in [-0.2, -0.15) is 0 Å². The number of thioether (sulfide) groups is 1. The number of hydrogen-bond acceptors (Lipinski definition) is 5. The molecule has 30 heavy (non-hydrogen) atoms. The quantitative estimate of drug-likeness (QED) is 0.477. The summed E-state index contributed by atoms with van der Waals surface area (Å²) in [6.45, 7) is 6.23. The van der Waals surface area contributed by atoms with Gasteiger partial charge in [0.2, 0.25) is 11.8 Å². The fraction of sp³-hybridized carbons (Fsp3) is 0.261. The van der Waals surface area contributed by atoms with E-state index in [9.17, 15) is 4.79 Å². The molecule has 1 N–H and O–H groups in total. The highest BCUT2D eigenvalue weighted by Gasteiger charge is 2.30. The predicted octanol–water partition coefficient (Wildman–Crippen LogP) is 4.90. The maximum Gasteiger partial charge on any atom is 0.277 e. The van der Waals surface area contributed by atoms with Gasteiger partial charge in [0.1, 0.15) is 0 Å². The van der Waals surface area contributed by atoms with Crippen molar-refractivity contribution < 1.29 is 9.21 Å². The van der Waals surface area contributed by atoms with Crippen LogP contribution in [0, 0.1) is 13.8 Å². The third-order valence-corrected chi connectivity index (χ3v) is 6.56.